The lowest BCUT2D eigenvalue weighted by atomic mass is 10.1. The molecule has 0 spiro atoms. The lowest BCUT2D eigenvalue weighted by molar-refractivity contribution is 0.102. The summed E-state index contributed by atoms with van der Waals surface area (Å²) in [6.07, 6.45) is 0. The molecule has 3 aromatic rings. The third-order valence-electron chi connectivity index (χ3n) is 4.06. The van der Waals surface area contributed by atoms with Crippen LogP contribution in [0.3, 0.4) is 0 Å². The number of nitrogens with zero attached hydrogens (tertiary/aromatic N) is 2. The maximum absolute atomic E-state index is 12.4. The molecule has 2 heterocycles. The number of benzene rings is 1. The Labute approximate surface area is 133 Å². The highest BCUT2D eigenvalue weighted by Crippen LogP contribution is 2.26. The van der Waals surface area contributed by atoms with Gasteiger partial charge in [-0.3, -0.25) is 10.1 Å². The summed E-state index contributed by atoms with van der Waals surface area (Å²) in [6, 6.07) is 5.88. The normalized spacial score (nSPS) is 11.1. The van der Waals surface area contributed by atoms with E-state index >= 15 is 0 Å². The average molecular weight is 313 g/mol. The van der Waals surface area contributed by atoms with Gasteiger partial charge in [0.05, 0.1) is 5.69 Å². The Hall–Kier alpha value is -2.14. The summed E-state index contributed by atoms with van der Waals surface area (Å²) in [5.74, 6) is -0.113. The molecular weight excluding hydrogens is 294 g/mol. The van der Waals surface area contributed by atoms with Crippen LogP contribution in [-0.2, 0) is 6.54 Å². The van der Waals surface area contributed by atoms with Crippen LogP contribution < -0.4 is 5.32 Å². The summed E-state index contributed by atoms with van der Waals surface area (Å²) < 4.78 is 2.27. The van der Waals surface area contributed by atoms with E-state index in [4.69, 9.17) is 0 Å². The van der Waals surface area contributed by atoms with Gasteiger partial charge in [0, 0.05) is 34.1 Å². The van der Waals surface area contributed by atoms with Crippen LogP contribution in [0.15, 0.2) is 23.6 Å². The van der Waals surface area contributed by atoms with Crippen LogP contribution >= 0.6 is 11.3 Å². The van der Waals surface area contributed by atoms with Gasteiger partial charge in [0.25, 0.3) is 5.91 Å². The molecule has 5 heteroatoms. The molecule has 4 nitrogen and oxygen atoms in total. The highest BCUT2D eigenvalue weighted by Gasteiger charge is 2.14. The molecule has 0 fully saturated rings. The van der Waals surface area contributed by atoms with E-state index < -0.39 is 0 Å². The lowest BCUT2D eigenvalue weighted by Crippen LogP contribution is -2.11. The minimum absolute atomic E-state index is 0.113. The molecule has 0 aliphatic rings. The van der Waals surface area contributed by atoms with Crippen LogP contribution in [0.4, 0.5) is 5.13 Å². The first-order chi connectivity index (χ1) is 10.5. The van der Waals surface area contributed by atoms with Gasteiger partial charge in [-0.05, 0) is 51.5 Å². The number of fused-ring (bicyclic) bond motifs is 1. The highest BCUT2D eigenvalue weighted by atomic mass is 32.1. The summed E-state index contributed by atoms with van der Waals surface area (Å²) in [7, 11) is 0. The summed E-state index contributed by atoms with van der Waals surface area (Å²) in [5, 5.41) is 6.57. The molecule has 2 aromatic heterocycles. The Kier molecular flexibility index (Phi) is 3.74. The fourth-order valence-corrected chi connectivity index (χ4v) is 3.46. The van der Waals surface area contributed by atoms with E-state index in [-0.39, 0.29) is 5.91 Å². The topological polar surface area (TPSA) is 46.9 Å². The first kappa shape index (κ1) is 14.8. The molecule has 0 bridgehead atoms. The summed E-state index contributed by atoms with van der Waals surface area (Å²) in [6.45, 7) is 9.21. The zero-order chi connectivity index (χ0) is 15.9. The fourth-order valence-electron chi connectivity index (χ4n) is 2.78. The summed E-state index contributed by atoms with van der Waals surface area (Å²) in [5.41, 5.74) is 5.25. The number of nitrogens with one attached hydrogen (secondary N) is 1. The second kappa shape index (κ2) is 5.57. The molecule has 1 amide bonds. The van der Waals surface area contributed by atoms with Crippen molar-refractivity contribution in [1.82, 2.24) is 9.55 Å². The van der Waals surface area contributed by atoms with Gasteiger partial charge < -0.3 is 4.57 Å². The van der Waals surface area contributed by atoms with Crippen molar-refractivity contribution in [3.63, 3.8) is 0 Å². The molecular formula is C17H19N3OS. The van der Waals surface area contributed by atoms with Crippen LogP contribution in [0.1, 0.15) is 34.2 Å². The Bertz CT molecular complexity index is 860. The Balaban J connectivity index is 1.98. The van der Waals surface area contributed by atoms with E-state index in [1.807, 2.05) is 30.5 Å². The Morgan fingerprint density at radius 2 is 2.09 bits per heavy atom. The third-order valence-corrected chi connectivity index (χ3v) is 4.93. The first-order valence-corrected chi connectivity index (χ1v) is 8.22. The second-order valence-electron chi connectivity index (χ2n) is 5.43. The van der Waals surface area contributed by atoms with Crippen molar-refractivity contribution in [3.05, 3.63) is 46.1 Å². The van der Waals surface area contributed by atoms with Gasteiger partial charge in [0.1, 0.15) is 0 Å². The number of anilines is 1. The summed E-state index contributed by atoms with van der Waals surface area (Å²) in [4.78, 5) is 16.7. The highest BCUT2D eigenvalue weighted by molar-refractivity contribution is 7.13. The SMILES string of the molecule is CCn1c(C)c(C)c2cc(C(=O)Nc3nc(C)cs3)ccc21. The number of hydrogen-bond acceptors (Lipinski definition) is 3. The van der Waals surface area contributed by atoms with Crippen LogP contribution in [0.25, 0.3) is 10.9 Å². The molecule has 0 saturated heterocycles. The fraction of sp³-hybridized carbons (Fsp3) is 0.294. The van der Waals surface area contributed by atoms with Gasteiger partial charge in [-0.15, -0.1) is 11.3 Å². The van der Waals surface area contributed by atoms with Crippen molar-refractivity contribution in [1.29, 1.82) is 0 Å². The Morgan fingerprint density at radius 3 is 2.73 bits per heavy atom. The smallest absolute Gasteiger partial charge is 0.257 e. The van der Waals surface area contributed by atoms with Crippen LogP contribution in [-0.4, -0.2) is 15.5 Å². The maximum Gasteiger partial charge on any atom is 0.257 e. The van der Waals surface area contributed by atoms with E-state index in [2.05, 4.69) is 35.6 Å². The molecule has 0 atom stereocenters. The molecule has 1 aromatic carbocycles. The minimum atomic E-state index is -0.113. The van der Waals surface area contributed by atoms with Crippen molar-refractivity contribution in [3.8, 4) is 0 Å². The molecule has 1 N–H and O–H groups in total. The predicted octanol–water partition coefficient (Wildman–Crippen LogP) is 4.30. The van der Waals surface area contributed by atoms with Crippen molar-refractivity contribution in [2.24, 2.45) is 0 Å². The van der Waals surface area contributed by atoms with Crippen LogP contribution in [0.5, 0.6) is 0 Å². The van der Waals surface area contributed by atoms with Crippen molar-refractivity contribution in [2.45, 2.75) is 34.2 Å². The summed E-state index contributed by atoms with van der Waals surface area (Å²) >= 11 is 1.44. The number of hydrogen-bond donors (Lipinski definition) is 1. The molecule has 0 aliphatic heterocycles. The minimum Gasteiger partial charge on any atom is -0.345 e. The van der Waals surface area contributed by atoms with E-state index in [9.17, 15) is 4.79 Å². The third kappa shape index (κ3) is 2.41. The van der Waals surface area contributed by atoms with E-state index in [0.717, 1.165) is 17.6 Å². The van der Waals surface area contributed by atoms with E-state index in [1.165, 1.54) is 28.1 Å². The lowest BCUT2D eigenvalue weighted by Gasteiger charge is -2.05. The van der Waals surface area contributed by atoms with Gasteiger partial charge >= 0.3 is 0 Å². The van der Waals surface area contributed by atoms with Crippen LogP contribution in [0, 0.1) is 20.8 Å². The standard InChI is InChI=1S/C17H19N3OS/c1-5-20-12(4)11(3)14-8-13(6-7-15(14)20)16(21)19-17-18-10(2)9-22-17/h6-9H,5H2,1-4H3,(H,18,19,21). The number of carbonyl (C=O) groups is 1. The Morgan fingerprint density at radius 1 is 1.32 bits per heavy atom. The molecule has 3 rings (SSSR count). The van der Waals surface area contributed by atoms with Gasteiger partial charge in [0.2, 0.25) is 0 Å². The van der Waals surface area contributed by atoms with Gasteiger partial charge in [-0.2, -0.15) is 0 Å². The zero-order valence-corrected chi connectivity index (χ0v) is 14.0. The van der Waals surface area contributed by atoms with Gasteiger partial charge in [-0.1, -0.05) is 0 Å². The number of carbonyl (C=O) groups excluding carboxylic acids is 1. The molecule has 0 unspecified atom stereocenters. The molecule has 22 heavy (non-hydrogen) atoms. The number of rotatable bonds is 3. The molecule has 0 radical (unpaired) electrons. The van der Waals surface area contributed by atoms with E-state index in [0.29, 0.717) is 10.7 Å². The first-order valence-electron chi connectivity index (χ1n) is 7.34. The maximum atomic E-state index is 12.4. The van der Waals surface area contributed by atoms with Crippen molar-refractivity contribution in [2.75, 3.05) is 5.32 Å². The van der Waals surface area contributed by atoms with Gasteiger partial charge in [-0.25, -0.2) is 4.98 Å². The number of thiazole rings is 1. The van der Waals surface area contributed by atoms with Crippen molar-refractivity contribution < 1.29 is 4.79 Å². The van der Waals surface area contributed by atoms with Crippen molar-refractivity contribution >= 4 is 33.3 Å². The number of aryl methyl sites for hydroxylation is 3. The zero-order valence-electron chi connectivity index (χ0n) is 13.2. The monoisotopic (exact) mass is 313 g/mol. The quantitative estimate of drug-likeness (QED) is 0.784. The van der Waals surface area contributed by atoms with E-state index in [1.54, 1.807) is 0 Å². The number of amides is 1. The largest absolute Gasteiger partial charge is 0.345 e. The predicted molar refractivity (Wildman–Crippen MR) is 91.9 cm³/mol. The number of aromatic nitrogens is 2. The molecule has 114 valence electrons. The second-order valence-corrected chi connectivity index (χ2v) is 6.29. The van der Waals surface area contributed by atoms with Gasteiger partial charge in [0.15, 0.2) is 5.13 Å². The molecule has 0 saturated carbocycles. The van der Waals surface area contributed by atoms with Crippen LogP contribution in [0.2, 0.25) is 0 Å². The molecule has 0 aliphatic carbocycles. The average Bonchev–Trinajstić information content (AvgIpc) is 3.01.